The SMILES string of the molecule is N#Cc1ccc(Oc2ccnc3c(N)cccc23)c(F)c1. The Morgan fingerprint density at radius 2 is 2.00 bits per heavy atom. The number of para-hydroxylation sites is 1. The maximum Gasteiger partial charge on any atom is 0.167 e. The molecule has 0 aliphatic rings. The number of nitrogens with two attached hydrogens (primary N) is 1. The molecule has 0 unspecified atom stereocenters. The zero-order valence-corrected chi connectivity index (χ0v) is 10.9. The van der Waals surface area contributed by atoms with E-state index in [1.54, 1.807) is 30.5 Å². The second kappa shape index (κ2) is 5.10. The minimum atomic E-state index is -0.595. The normalized spacial score (nSPS) is 10.3. The van der Waals surface area contributed by atoms with Crippen LogP contribution in [0, 0.1) is 17.1 Å². The van der Waals surface area contributed by atoms with Crippen LogP contribution in [0.4, 0.5) is 10.1 Å². The van der Waals surface area contributed by atoms with Crippen LogP contribution in [0.25, 0.3) is 10.9 Å². The molecule has 2 N–H and O–H groups in total. The Kier molecular flexibility index (Phi) is 3.13. The molecule has 0 atom stereocenters. The maximum absolute atomic E-state index is 13.9. The van der Waals surface area contributed by atoms with Gasteiger partial charge in [0.1, 0.15) is 5.75 Å². The Hall–Kier alpha value is -3.13. The zero-order valence-electron chi connectivity index (χ0n) is 10.9. The molecule has 0 saturated carbocycles. The lowest BCUT2D eigenvalue weighted by molar-refractivity contribution is 0.446. The first-order valence-corrected chi connectivity index (χ1v) is 6.20. The van der Waals surface area contributed by atoms with Gasteiger partial charge in [-0.3, -0.25) is 4.98 Å². The van der Waals surface area contributed by atoms with Gasteiger partial charge in [0.15, 0.2) is 11.6 Å². The van der Waals surface area contributed by atoms with E-state index in [-0.39, 0.29) is 11.3 Å². The third-order valence-electron chi connectivity index (χ3n) is 3.04. The third kappa shape index (κ3) is 2.35. The van der Waals surface area contributed by atoms with Crippen molar-refractivity contribution >= 4 is 16.6 Å². The number of nitriles is 1. The first-order chi connectivity index (χ1) is 10.2. The Bertz CT molecular complexity index is 871. The lowest BCUT2D eigenvalue weighted by atomic mass is 10.2. The number of aromatic nitrogens is 1. The highest BCUT2D eigenvalue weighted by molar-refractivity contribution is 5.93. The van der Waals surface area contributed by atoms with E-state index in [0.717, 1.165) is 6.07 Å². The second-order valence-electron chi connectivity index (χ2n) is 4.41. The van der Waals surface area contributed by atoms with E-state index in [9.17, 15) is 4.39 Å². The quantitative estimate of drug-likeness (QED) is 0.727. The summed E-state index contributed by atoms with van der Waals surface area (Å²) in [5.74, 6) is -0.0947. The molecule has 4 nitrogen and oxygen atoms in total. The monoisotopic (exact) mass is 279 g/mol. The Morgan fingerprint density at radius 3 is 2.76 bits per heavy atom. The molecular weight excluding hydrogens is 269 g/mol. The van der Waals surface area contributed by atoms with Crippen molar-refractivity contribution in [2.24, 2.45) is 0 Å². The van der Waals surface area contributed by atoms with Crippen molar-refractivity contribution in [3.05, 3.63) is 60.0 Å². The minimum absolute atomic E-state index is 0.0453. The number of anilines is 1. The Labute approximate surface area is 120 Å². The van der Waals surface area contributed by atoms with Gasteiger partial charge in [0.05, 0.1) is 22.8 Å². The van der Waals surface area contributed by atoms with Gasteiger partial charge < -0.3 is 10.5 Å². The predicted octanol–water partition coefficient (Wildman–Crippen LogP) is 3.62. The molecule has 0 fully saturated rings. The number of hydrogen-bond acceptors (Lipinski definition) is 4. The largest absolute Gasteiger partial charge is 0.454 e. The van der Waals surface area contributed by atoms with E-state index in [0.29, 0.717) is 22.3 Å². The highest BCUT2D eigenvalue weighted by Gasteiger charge is 2.10. The zero-order chi connectivity index (χ0) is 14.8. The molecule has 3 aromatic rings. The first-order valence-electron chi connectivity index (χ1n) is 6.20. The molecule has 0 aliphatic heterocycles. The number of pyridine rings is 1. The van der Waals surface area contributed by atoms with Crippen LogP contribution >= 0.6 is 0 Å². The number of halogens is 1. The van der Waals surface area contributed by atoms with Crippen LogP contribution in [-0.4, -0.2) is 4.98 Å². The third-order valence-corrected chi connectivity index (χ3v) is 3.04. The van der Waals surface area contributed by atoms with Crippen LogP contribution < -0.4 is 10.5 Å². The summed E-state index contributed by atoms with van der Waals surface area (Å²) in [5, 5.41) is 9.43. The summed E-state index contributed by atoms with van der Waals surface area (Å²) in [7, 11) is 0. The summed E-state index contributed by atoms with van der Waals surface area (Å²) in [6.45, 7) is 0. The predicted molar refractivity (Wildman–Crippen MR) is 77.3 cm³/mol. The van der Waals surface area contributed by atoms with Crippen LogP contribution in [0.3, 0.4) is 0 Å². The van der Waals surface area contributed by atoms with Gasteiger partial charge in [0.2, 0.25) is 0 Å². The van der Waals surface area contributed by atoms with E-state index in [4.69, 9.17) is 15.7 Å². The van der Waals surface area contributed by atoms with Crippen molar-refractivity contribution in [2.45, 2.75) is 0 Å². The number of nitrogens with zero attached hydrogens (tertiary/aromatic N) is 2. The van der Waals surface area contributed by atoms with Gasteiger partial charge >= 0.3 is 0 Å². The molecule has 102 valence electrons. The van der Waals surface area contributed by atoms with E-state index in [2.05, 4.69) is 4.98 Å². The van der Waals surface area contributed by atoms with E-state index in [1.807, 2.05) is 6.07 Å². The molecular formula is C16H10FN3O. The van der Waals surface area contributed by atoms with Crippen LogP contribution in [0.1, 0.15) is 5.56 Å². The van der Waals surface area contributed by atoms with Crippen LogP contribution in [-0.2, 0) is 0 Å². The van der Waals surface area contributed by atoms with Crippen molar-refractivity contribution in [3.8, 4) is 17.6 Å². The molecule has 21 heavy (non-hydrogen) atoms. The first kappa shape index (κ1) is 12.9. The van der Waals surface area contributed by atoms with Crippen molar-refractivity contribution in [2.75, 3.05) is 5.73 Å². The number of nitrogen functional groups attached to an aromatic ring is 1. The standard InChI is InChI=1S/C16H10FN3O/c17-12-8-10(9-18)4-5-15(12)21-14-6-7-20-16-11(14)2-1-3-13(16)19/h1-8H,19H2. The molecule has 0 amide bonds. The van der Waals surface area contributed by atoms with Gasteiger partial charge in [-0.05, 0) is 36.4 Å². The Morgan fingerprint density at radius 1 is 1.14 bits per heavy atom. The van der Waals surface area contributed by atoms with Crippen LogP contribution in [0.15, 0.2) is 48.7 Å². The van der Waals surface area contributed by atoms with Gasteiger partial charge in [0, 0.05) is 11.6 Å². The molecule has 0 radical (unpaired) electrons. The van der Waals surface area contributed by atoms with Crippen molar-refractivity contribution in [1.82, 2.24) is 4.98 Å². The highest BCUT2D eigenvalue weighted by atomic mass is 19.1. The molecule has 5 heteroatoms. The van der Waals surface area contributed by atoms with Gasteiger partial charge in [-0.15, -0.1) is 0 Å². The lowest BCUT2D eigenvalue weighted by Gasteiger charge is -2.10. The average Bonchev–Trinajstić information content (AvgIpc) is 2.50. The van der Waals surface area contributed by atoms with E-state index < -0.39 is 5.82 Å². The Balaban J connectivity index is 2.07. The molecule has 3 rings (SSSR count). The molecule has 0 bridgehead atoms. The minimum Gasteiger partial charge on any atom is -0.454 e. The highest BCUT2D eigenvalue weighted by Crippen LogP contribution is 2.32. The summed E-state index contributed by atoms with van der Waals surface area (Å²) in [4.78, 5) is 4.19. The fourth-order valence-corrected chi connectivity index (χ4v) is 2.03. The summed E-state index contributed by atoms with van der Waals surface area (Å²) >= 11 is 0. The molecule has 0 aliphatic carbocycles. The number of hydrogen-bond donors (Lipinski definition) is 1. The van der Waals surface area contributed by atoms with Crippen molar-refractivity contribution in [1.29, 1.82) is 5.26 Å². The molecule has 1 aromatic heterocycles. The molecule has 0 spiro atoms. The molecule has 0 saturated heterocycles. The van der Waals surface area contributed by atoms with Crippen LogP contribution in [0.5, 0.6) is 11.5 Å². The number of ether oxygens (including phenoxy) is 1. The number of rotatable bonds is 2. The molecule has 2 aromatic carbocycles. The van der Waals surface area contributed by atoms with Crippen molar-refractivity contribution < 1.29 is 9.13 Å². The van der Waals surface area contributed by atoms with E-state index >= 15 is 0 Å². The lowest BCUT2D eigenvalue weighted by Crippen LogP contribution is -1.93. The van der Waals surface area contributed by atoms with Gasteiger partial charge in [0.25, 0.3) is 0 Å². The summed E-state index contributed by atoms with van der Waals surface area (Å²) in [6.07, 6.45) is 1.55. The number of benzene rings is 2. The maximum atomic E-state index is 13.9. The number of fused-ring (bicyclic) bond motifs is 1. The topological polar surface area (TPSA) is 71.9 Å². The van der Waals surface area contributed by atoms with Crippen molar-refractivity contribution in [3.63, 3.8) is 0 Å². The molecule has 1 heterocycles. The summed E-state index contributed by atoms with van der Waals surface area (Å²) < 4.78 is 19.5. The fourth-order valence-electron chi connectivity index (χ4n) is 2.03. The second-order valence-corrected chi connectivity index (χ2v) is 4.41. The van der Waals surface area contributed by atoms with Gasteiger partial charge in [-0.1, -0.05) is 6.07 Å². The summed E-state index contributed by atoms with van der Waals surface area (Å²) in [5.41, 5.74) is 7.22. The fraction of sp³-hybridized carbons (Fsp3) is 0. The van der Waals surface area contributed by atoms with Crippen LogP contribution in [0.2, 0.25) is 0 Å². The summed E-state index contributed by atoms with van der Waals surface area (Å²) in [6, 6.07) is 12.9. The van der Waals surface area contributed by atoms with Gasteiger partial charge in [-0.2, -0.15) is 5.26 Å². The van der Waals surface area contributed by atoms with Gasteiger partial charge in [-0.25, -0.2) is 4.39 Å². The average molecular weight is 279 g/mol. The smallest absolute Gasteiger partial charge is 0.167 e. The van der Waals surface area contributed by atoms with E-state index in [1.165, 1.54) is 12.1 Å².